The van der Waals surface area contributed by atoms with Crippen molar-refractivity contribution in [2.45, 2.75) is 0 Å². The number of rotatable bonds is 2. The van der Waals surface area contributed by atoms with Crippen LogP contribution in [0.25, 0.3) is 11.4 Å². The molecule has 1 N–H and O–H groups in total. The highest BCUT2D eigenvalue weighted by Gasteiger charge is 2.04. The van der Waals surface area contributed by atoms with Gasteiger partial charge in [0.2, 0.25) is 4.77 Å². The molecule has 0 aliphatic rings. The molecular weight excluding hydrogens is 236 g/mol. The van der Waals surface area contributed by atoms with E-state index in [1.54, 1.807) is 18.2 Å². The molecular formula is C11H8N4OS. The lowest BCUT2D eigenvalue weighted by molar-refractivity contribution is 0.378. The normalized spacial score (nSPS) is 9.65. The van der Waals surface area contributed by atoms with Crippen LogP contribution in [0.3, 0.4) is 0 Å². The number of nitrogens with one attached hydrogen (secondary N) is 1. The first kappa shape index (κ1) is 11.2. The Labute approximate surface area is 103 Å². The number of benzene rings is 1. The molecule has 0 saturated carbocycles. The highest BCUT2D eigenvalue weighted by atomic mass is 32.1. The fourth-order valence-corrected chi connectivity index (χ4v) is 1.51. The Morgan fingerprint density at radius 3 is 2.94 bits per heavy atom. The fraction of sp³-hybridized carbons (Fsp3) is 0.0909. The summed E-state index contributed by atoms with van der Waals surface area (Å²) >= 11 is 4.93. The molecule has 0 amide bonds. The summed E-state index contributed by atoms with van der Waals surface area (Å²) in [5.41, 5.74) is 1.32. The summed E-state index contributed by atoms with van der Waals surface area (Å²) in [6.45, 7) is 0. The van der Waals surface area contributed by atoms with Gasteiger partial charge in [0, 0.05) is 5.56 Å². The molecule has 0 bridgehead atoms. The Morgan fingerprint density at radius 1 is 1.41 bits per heavy atom. The zero-order valence-electron chi connectivity index (χ0n) is 8.97. The molecule has 1 aromatic carbocycles. The van der Waals surface area contributed by atoms with Crippen LogP contribution in [0.1, 0.15) is 5.56 Å². The lowest BCUT2D eigenvalue weighted by Crippen LogP contribution is -1.97. The Morgan fingerprint density at radius 2 is 2.24 bits per heavy atom. The zero-order chi connectivity index (χ0) is 12.3. The summed E-state index contributed by atoms with van der Waals surface area (Å²) < 4.78 is 5.17. The van der Waals surface area contributed by atoms with E-state index in [0.717, 1.165) is 5.56 Å². The van der Waals surface area contributed by atoms with Gasteiger partial charge in [-0.2, -0.15) is 10.2 Å². The van der Waals surface area contributed by atoms with E-state index < -0.39 is 0 Å². The van der Waals surface area contributed by atoms with Crippen LogP contribution in [0.4, 0.5) is 0 Å². The fourth-order valence-electron chi connectivity index (χ4n) is 1.33. The topological polar surface area (TPSA) is 74.6 Å². The van der Waals surface area contributed by atoms with Crippen molar-refractivity contribution in [3.8, 4) is 23.5 Å². The van der Waals surface area contributed by atoms with E-state index in [1.165, 1.54) is 7.11 Å². The second-order valence-electron chi connectivity index (χ2n) is 3.18. The van der Waals surface area contributed by atoms with Crippen LogP contribution in [0.15, 0.2) is 24.3 Å². The number of nitrogens with zero attached hydrogens (tertiary/aromatic N) is 3. The van der Waals surface area contributed by atoms with Gasteiger partial charge in [0.05, 0.1) is 18.7 Å². The van der Waals surface area contributed by atoms with E-state index >= 15 is 0 Å². The standard InChI is InChI=1S/C11H8N4OS/c1-16-10-13-9(14-11(17)15-10)8-4-2-3-7(5-8)6-12/h2-5H,1H3,(H,13,14,15,17). The maximum Gasteiger partial charge on any atom is 0.297 e. The first-order chi connectivity index (χ1) is 8.22. The van der Waals surface area contributed by atoms with Crippen LogP contribution in [-0.4, -0.2) is 22.1 Å². The molecule has 84 valence electrons. The van der Waals surface area contributed by atoms with Gasteiger partial charge in [0.25, 0.3) is 6.01 Å². The van der Waals surface area contributed by atoms with Crippen molar-refractivity contribution in [3.05, 3.63) is 34.6 Å². The minimum absolute atomic E-state index is 0.193. The molecule has 0 aliphatic carbocycles. The predicted octanol–water partition coefficient (Wildman–Crippen LogP) is 2.08. The molecule has 2 aromatic rings. The van der Waals surface area contributed by atoms with Crippen molar-refractivity contribution in [2.75, 3.05) is 7.11 Å². The van der Waals surface area contributed by atoms with Gasteiger partial charge in [-0.1, -0.05) is 12.1 Å². The highest BCUT2D eigenvalue weighted by Crippen LogP contribution is 2.17. The minimum Gasteiger partial charge on any atom is -0.468 e. The summed E-state index contributed by atoms with van der Waals surface area (Å²) in [4.78, 5) is 10.8. The molecule has 5 nitrogen and oxygen atoms in total. The van der Waals surface area contributed by atoms with E-state index in [-0.39, 0.29) is 4.77 Å². The van der Waals surface area contributed by atoms with Gasteiger partial charge in [-0.05, 0) is 24.4 Å². The number of aromatic nitrogens is 3. The molecule has 0 spiro atoms. The summed E-state index contributed by atoms with van der Waals surface area (Å²) in [5.74, 6) is 0.527. The first-order valence-corrected chi connectivity index (χ1v) is 5.16. The van der Waals surface area contributed by atoms with E-state index in [2.05, 4.69) is 21.0 Å². The monoisotopic (exact) mass is 244 g/mol. The second-order valence-corrected chi connectivity index (χ2v) is 3.55. The van der Waals surface area contributed by atoms with E-state index in [1.807, 2.05) is 6.07 Å². The summed E-state index contributed by atoms with van der Waals surface area (Å²) in [5, 5.41) is 8.83. The lowest BCUT2D eigenvalue weighted by atomic mass is 10.1. The molecule has 6 heteroatoms. The third kappa shape index (κ3) is 2.46. The Kier molecular flexibility index (Phi) is 3.12. The predicted molar refractivity (Wildman–Crippen MR) is 63.9 cm³/mol. The third-order valence-corrected chi connectivity index (χ3v) is 2.27. The number of hydrogen-bond acceptors (Lipinski definition) is 5. The Balaban J connectivity index is 2.56. The molecule has 0 saturated heterocycles. The minimum atomic E-state index is 0.193. The number of methoxy groups -OCH3 is 1. The van der Waals surface area contributed by atoms with Crippen LogP contribution in [-0.2, 0) is 0 Å². The molecule has 0 radical (unpaired) electrons. The summed E-state index contributed by atoms with van der Waals surface area (Å²) in [6, 6.07) is 9.40. The quantitative estimate of drug-likeness (QED) is 0.818. The second kappa shape index (κ2) is 4.72. The number of hydrogen-bond donors (Lipinski definition) is 1. The van der Waals surface area contributed by atoms with Gasteiger partial charge in [0.1, 0.15) is 5.82 Å². The van der Waals surface area contributed by atoms with Crippen molar-refractivity contribution < 1.29 is 4.74 Å². The SMILES string of the molecule is COc1nc(=S)nc(-c2cccc(C#N)c2)[nH]1. The van der Waals surface area contributed by atoms with Gasteiger partial charge in [-0.3, -0.25) is 4.98 Å². The van der Waals surface area contributed by atoms with Gasteiger partial charge >= 0.3 is 0 Å². The average molecular weight is 244 g/mol. The van der Waals surface area contributed by atoms with Crippen molar-refractivity contribution >= 4 is 12.2 Å². The van der Waals surface area contributed by atoms with E-state index in [9.17, 15) is 0 Å². The van der Waals surface area contributed by atoms with E-state index in [0.29, 0.717) is 17.4 Å². The van der Waals surface area contributed by atoms with Crippen molar-refractivity contribution in [2.24, 2.45) is 0 Å². The van der Waals surface area contributed by atoms with Crippen LogP contribution < -0.4 is 4.74 Å². The van der Waals surface area contributed by atoms with Crippen molar-refractivity contribution in [1.82, 2.24) is 15.0 Å². The lowest BCUT2D eigenvalue weighted by Gasteiger charge is -2.03. The zero-order valence-corrected chi connectivity index (χ0v) is 9.78. The van der Waals surface area contributed by atoms with Crippen molar-refractivity contribution in [3.63, 3.8) is 0 Å². The largest absolute Gasteiger partial charge is 0.468 e. The number of ether oxygens (including phenoxy) is 1. The molecule has 0 fully saturated rings. The number of H-pyrrole nitrogens is 1. The maximum atomic E-state index is 8.83. The van der Waals surface area contributed by atoms with Gasteiger partial charge < -0.3 is 4.74 Å². The van der Waals surface area contributed by atoms with Crippen molar-refractivity contribution in [1.29, 1.82) is 5.26 Å². The molecule has 0 unspecified atom stereocenters. The van der Waals surface area contributed by atoms with Crippen LogP contribution >= 0.6 is 12.2 Å². The average Bonchev–Trinajstić information content (AvgIpc) is 2.38. The molecule has 0 atom stereocenters. The van der Waals surface area contributed by atoms with Crippen LogP contribution in [0.5, 0.6) is 6.01 Å². The van der Waals surface area contributed by atoms with Crippen LogP contribution in [0.2, 0.25) is 0 Å². The summed E-state index contributed by atoms with van der Waals surface area (Å²) in [6.07, 6.45) is 0. The molecule has 1 aromatic heterocycles. The van der Waals surface area contributed by atoms with Gasteiger partial charge in [-0.15, -0.1) is 0 Å². The number of aromatic amines is 1. The van der Waals surface area contributed by atoms with Gasteiger partial charge in [-0.25, -0.2) is 4.98 Å². The molecule has 0 aliphatic heterocycles. The smallest absolute Gasteiger partial charge is 0.297 e. The Hall–Kier alpha value is -2.26. The van der Waals surface area contributed by atoms with E-state index in [4.69, 9.17) is 22.2 Å². The third-order valence-electron chi connectivity index (χ3n) is 2.09. The maximum absolute atomic E-state index is 8.83. The van der Waals surface area contributed by atoms with Gasteiger partial charge in [0.15, 0.2) is 0 Å². The van der Waals surface area contributed by atoms with Crippen LogP contribution in [0, 0.1) is 16.1 Å². The molecule has 17 heavy (non-hydrogen) atoms. The highest BCUT2D eigenvalue weighted by molar-refractivity contribution is 7.71. The molecule has 1 heterocycles. The number of nitriles is 1. The first-order valence-electron chi connectivity index (χ1n) is 4.76. The Bertz CT molecular complexity index is 644. The summed E-state index contributed by atoms with van der Waals surface area (Å²) in [7, 11) is 1.49. The molecule has 2 rings (SSSR count).